The molecule has 2 aromatic rings. The summed E-state index contributed by atoms with van der Waals surface area (Å²) in [5.41, 5.74) is 1.60. The van der Waals surface area contributed by atoms with Crippen LogP contribution in [0, 0.1) is 20.8 Å². The molecule has 1 atom stereocenters. The van der Waals surface area contributed by atoms with Crippen LogP contribution in [0.1, 0.15) is 65.6 Å². The van der Waals surface area contributed by atoms with E-state index in [9.17, 15) is 9.59 Å². The first-order valence-electron chi connectivity index (χ1n) is 8.76. The van der Waals surface area contributed by atoms with Gasteiger partial charge in [0.1, 0.15) is 11.6 Å². The van der Waals surface area contributed by atoms with E-state index in [1.807, 2.05) is 26.8 Å². The van der Waals surface area contributed by atoms with Crippen molar-refractivity contribution in [3.63, 3.8) is 0 Å². The zero-order valence-electron chi connectivity index (χ0n) is 15.2. The van der Waals surface area contributed by atoms with Crippen molar-refractivity contribution in [3.05, 3.63) is 45.0 Å². The molecular formula is C18H24N4O3. The van der Waals surface area contributed by atoms with Crippen LogP contribution in [0.4, 0.5) is 0 Å². The van der Waals surface area contributed by atoms with Crippen molar-refractivity contribution in [2.75, 3.05) is 6.54 Å². The highest BCUT2D eigenvalue weighted by Gasteiger charge is 2.34. The minimum Gasteiger partial charge on any atom is -0.337 e. The summed E-state index contributed by atoms with van der Waals surface area (Å²) in [6, 6.07) is 1.63. The predicted molar refractivity (Wildman–Crippen MR) is 92.5 cm³/mol. The Morgan fingerprint density at radius 3 is 2.72 bits per heavy atom. The highest BCUT2D eigenvalue weighted by atomic mass is 16.5. The summed E-state index contributed by atoms with van der Waals surface area (Å²) in [7, 11) is 0. The maximum Gasteiger partial charge on any atom is 0.263 e. The summed E-state index contributed by atoms with van der Waals surface area (Å²) < 4.78 is 6.94. The third kappa shape index (κ3) is 3.10. The fourth-order valence-electron chi connectivity index (χ4n) is 3.60. The van der Waals surface area contributed by atoms with Gasteiger partial charge in [0.05, 0.1) is 0 Å². The maximum atomic E-state index is 13.2. The lowest BCUT2D eigenvalue weighted by molar-refractivity contribution is 0.0558. The van der Waals surface area contributed by atoms with Crippen LogP contribution >= 0.6 is 0 Å². The molecule has 3 heterocycles. The van der Waals surface area contributed by atoms with Gasteiger partial charge in [0.2, 0.25) is 5.89 Å². The molecule has 0 N–H and O–H groups in total. The molecule has 0 aromatic carbocycles. The van der Waals surface area contributed by atoms with Crippen molar-refractivity contribution < 1.29 is 9.32 Å². The summed E-state index contributed by atoms with van der Waals surface area (Å²) >= 11 is 0. The smallest absolute Gasteiger partial charge is 0.263 e. The Kier molecular flexibility index (Phi) is 4.74. The first kappa shape index (κ1) is 17.4. The fourth-order valence-corrected chi connectivity index (χ4v) is 3.60. The Balaban J connectivity index is 2.03. The van der Waals surface area contributed by atoms with Gasteiger partial charge in [0, 0.05) is 18.8 Å². The van der Waals surface area contributed by atoms with E-state index in [-0.39, 0.29) is 23.1 Å². The number of pyridine rings is 1. The van der Waals surface area contributed by atoms with Crippen LogP contribution in [0.2, 0.25) is 0 Å². The number of carbonyl (C=O) groups excluding carboxylic acids is 1. The lowest BCUT2D eigenvalue weighted by atomic mass is 9.99. The molecular weight excluding hydrogens is 320 g/mol. The zero-order chi connectivity index (χ0) is 18.1. The number of carbonyl (C=O) groups is 1. The highest BCUT2D eigenvalue weighted by molar-refractivity contribution is 5.95. The number of piperidine rings is 1. The normalized spacial score (nSPS) is 17.8. The van der Waals surface area contributed by atoms with Crippen LogP contribution in [0.15, 0.2) is 15.4 Å². The number of hydrogen-bond acceptors (Lipinski definition) is 5. The van der Waals surface area contributed by atoms with Gasteiger partial charge in [0.15, 0.2) is 5.82 Å². The van der Waals surface area contributed by atoms with E-state index in [0.717, 1.165) is 25.0 Å². The number of rotatable bonds is 3. The van der Waals surface area contributed by atoms with E-state index < -0.39 is 0 Å². The molecule has 0 spiro atoms. The fraction of sp³-hybridized carbons (Fsp3) is 0.556. The Labute approximate surface area is 146 Å². The van der Waals surface area contributed by atoms with Gasteiger partial charge in [-0.25, -0.2) is 0 Å². The first-order valence-corrected chi connectivity index (χ1v) is 8.76. The second kappa shape index (κ2) is 6.82. The Morgan fingerprint density at radius 1 is 1.32 bits per heavy atom. The quantitative estimate of drug-likeness (QED) is 0.855. The number of aromatic nitrogens is 3. The topological polar surface area (TPSA) is 81.2 Å². The molecule has 2 aromatic heterocycles. The predicted octanol–water partition coefficient (Wildman–Crippen LogP) is 2.54. The van der Waals surface area contributed by atoms with Gasteiger partial charge in [0.25, 0.3) is 11.5 Å². The summed E-state index contributed by atoms with van der Waals surface area (Å²) in [4.78, 5) is 32.1. The van der Waals surface area contributed by atoms with Crippen molar-refractivity contribution >= 4 is 5.91 Å². The largest absolute Gasteiger partial charge is 0.337 e. The van der Waals surface area contributed by atoms with E-state index >= 15 is 0 Å². The van der Waals surface area contributed by atoms with Crippen LogP contribution in [0.25, 0.3) is 0 Å². The number of likely N-dealkylation sites (tertiary alicyclic amines) is 1. The second-order valence-electron chi connectivity index (χ2n) is 6.58. The monoisotopic (exact) mass is 344 g/mol. The molecule has 25 heavy (non-hydrogen) atoms. The maximum absolute atomic E-state index is 13.2. The number of amides is 1. The minimum atomic E-state index is -0.266. The second-order valence-corrected chi connectivity index (χ2v) is 6.58. The molecule has 0 unspecified atom stereocenters. The van der Waals surface area contributed by atoms with Gasteiger partial charge >= 0.3 is 0 Å². The molecule has 1 aliphatic heterocycles. The van der Waals surface area contributed by atoms with Crippen LogP contribution in [0.5, 0.6) is 0 Å². The molecule has 1 amide bonds. The summed E-state index contributed by atoms with van der Waals surface area (Å²) in [6.07, 6.45) is 2.66. The molecule has 0 aliphatic carbocycles. The third-order valence-corrected chi connectivity index (χ3v) is 4.83. The molecule has 134 valence electrons. The van der Waals surface area contributed by atoms with Gasteiger partial charge in [-0.2, -0.15) is 4.98 Å². The van der Waals surface area contributed by atoms with Crippen LogP contribution in [-0.4, -0.2) is 32.1 Å². The average molecular weight is 344 g/mol. The van der Waals surface area contributed by atoms with Gasteiger partial charge < -0.3 is 14.0 Å². The number of aryl methyl sites for hydroxylation is 3. The molecule has 0 radical (unpaired) electrons. The SMILES string of the molecule is CCn1c(C)cc(C)c(C(=O)N2CCCC[C@@H]2c2nc(C)no2)c1=O. The molecule has 1 saturated heterocycles. The number of nitrogens with zero attached hydrogens (tertiary/aromatic N) is 4. The van der Waals surface area contributed by atoms with Gasteiger partial charge in [-0.3, -0.25) is 9.59 Å². The molecule has 7 nitrogen and oxygen atoms in total. The Morgan fingerprint density at radius 2 is 2.08 bits per heavy atom. The van der Waals surface area contributed by atoms with E-state index in [1.54, 1.807) is 16.4 Å². The van der Waals surface area contributed by atoms with E-state index in [0.29, 0.717) is 30.4 Å². The minimum absolute atomic E-state index is 0.226. The lowest BCUT2D eigenvalue weighted by Crippen LogP contribution is -2.42. The number of hydrogen-bond donors (Lipinski definition) is 0. The average Bonchev–Trinajstić information content (AvgIpc) is 3.01. The molecule has 7 heteroatoms. The highest BCUT2D eigenvalue weighted by Crippen LogP contribution is 2.31. The van der Waals surface area contributed by atoms with E-state index in [4.69, 9.17) is 4.52 Å². The first-order chi connectivity index (χ1) is 11.9. The van der Waals surface area contributed by atoms with Crippen molar-refractivity contribution in [3.8, 4) is 0 Å². The van der Waals surface area contributed by atoms with Crippen LogP contribution in [-0.2, 0) is 6.54 Å². The molecule has 1 fully saturated rings. The van der Waals surface area contributed by atoms with Crippen LogP contribution < -0.4 is 5.56 Å². The molecule has 0 bridgehead atoms. The summed E-state index contributed by atoms with van der Waals surface area (Å²) in [5, 5.41) is 3.84. The van der Waals surface area contributed by atoms with E-state index in [2.05, 4.69) is 10.1 Å². The van der Waals surface area contributed by atoms with Crippen molar-refractivity contribution in [2.24, 2.45) is 0 Å². The van der Waals surface area contributed by atoms with Gasteiger partial charge in [-0.15, -0.1) is 0 Å². The van der Waals surface area contributed by atoms with Gasteiger partial charge in [-0.1, -0.05) is 5.16 Å². The Hall–Kier alpha value is -2.44. The third-order valence-electron chi connectivity index (χ3n) is 4.83. The summed E-state index contributed by atoms with van der Waals surface area (Å²) in [6.45, 7) is 8.49. The van der Waals surface area contributed by atoms with Crippen LogP contribution in [0.3, 0.4) is 0 Å². The van der Waals surface area contributed by atoms with Crippen molar-refractivity contribution in [2.45, 2.75) is 59.5 Å². The zero-order valence-corrected chi connectivity index (χ0v) is 15.2. The standard InChI is InChI=1S/C18H24N4O3/c1-5-21-12(3)10-11(2)15(17(21)23)18(24)22-9-7-6-8-14(22)16-19-13(4)20-25-16/h10,14H,5-9H2,1-4H3/t14-/m1/s1. The molecule has 3 rings (SSSR count). The van der Waals surface area contributed by atoms with Crippen molar-refractivity contribution in [1.29, 1.82) is 0 Å². The summed E-state index contributed by atoms with van der Waals surface area (Å²) in [5.74, 6) is 0.754. The van der Waals surface area contributed by atoms with Gasteiger partial charge in [-0.05, 0) is 58.6 Å². The Bertz CT molecular complexity index is 852. The lowest BCUT2D eigenvalue weighted by Gasteiger charge is -2.33. The van der Waals surface area contributed by atoms with Crippen molar-refractivity contribution in [1.82, 2.24) is 19.6 Å². The molecule has 0 saturated carbocycles. The van der Waals surface area contributed by atoms with E-state index in [1.165, 1.54) is 0 Å². The molecule has 1 aliphatic rings.